The highest BCUT2D eigenvalue weighted by molar-refractivity contribution is 6.34. The molecule has 0 saturated heterocycles. The number of benzene rings is 1. The van der Waals surface area contributed by atoms with Gasteiger partial charge in [0.25, 0.3) is 11.6 Å². The molecule has 1 aliphatic rings. The number of hydrogen-bond acceptors (Lipinski definition) is 4. The summed E-state index contributed by atoms with van der Waals surface area (Å²) in [5.41, 5.74) is -0.987. The fourth-order valence-corrected chi connectivity index (χ4v) is 3.27. The molecule has 0 radical (unpaired) electrons. The molecule has 0 heterocycles. The number of aliphatic carboxylic acids is 1. The van der Waals surface area contributed by atoms with E-state index in [1.54, 1.807) is 6.92 Å². The number of non-ortho nitro benzene ring substituents is 1. The van der Waals surface area contributed by atoms with E-state index in [0.717, 1.165) is 18.9 Å². The second-order valence-corrected chi connectivity index (χ2v) is 6.34. The van der Waals surface area contributed by atoms with Crippen molar-refractivity contribution in [3.05, 3.63) is 38.9 Å². The van der Waals surface area contributed by atoms with E-state index in [0.29, 0.717) is 12.8 Å². The number of hydrogen-bond donors (Lipinski definition) is 2. The van der Waals surface area contributed by atoms with Crippen LogP contribution in [0.3, 0.4) is 0 Å². The number of halogens is 1. The van der Waals surface area contributed by atoms with Crippen LogP contribution in [0.5, 0.6) is 0 Å². The summed E-state index contributed by atoms with van der Waals surface area (Å²) in [6.45, 7) is 1.71. The quantitative estimate of drug-likeness (QED) is 0.646. The van der Waals surface area contributed by atoms with E-state index in [4.69, 9.17) is 11.6 Å². The summed E-state index contributed by atoms with van der Waals surface area (Å²) < 4.78 is 0. The molecule has 1 fully saturated rings. The van der Waals surface area contributed by atoms with Crippen molar-refractivity contribution in [3.63, 3.8) is 0 Å². The van der Waals surface area contributed by atoms with Gasteiger partial charge in [0.15, 0.2) is 0 Å². The van der Waals surface area contributed by atoms with Gasteiger partial charge in [-0.3, -0.25) is 19.7 Å². The molecule has 23 heavy (non-hydrogen) atoms. The summed E-state index contributed by atoms with van der Waals surface area (Å²) in [7, 11) is 0. The van der Waals surface area contributed by atoms with Crippen molar-refractivity contribution in [3.8, 4) is 0 Å². The molecule has 0 bridgehead atoms. The van der Waals surface area contributed by atoms with E-state index in [-0.39, 0.29) is 16.3 Å². The van der Waals surface area contributed by atoms with E-state index in [1.807, 2.05) is 0 Å². The zero-order valence-electron chi connectivity index (χ0n) is 12.5. The van der Waals surface area contributed by atoms with Crippen LogP contribution in [0.4, 0.5) is 5.69 Å². The Morgan fingerprint density at radius 3 is 2.70 bits per heavy atom. The minimum atomic E-state index is -0.942. The smallest absolute Gasteiger partial charge is 0.308 e. The van der Waals surface area contributed by atoms with Crippen molar-refractivity contribution in [2.24, 2.45) is 5.92 Å². The maximum absolute atomic E-state index is 12.4. The lowest BCUT2D eigenvalue weighted by Gasteiger charge is -2.39. The van der Waals surface area contributed by atoms with Gasteiger partial charge in [0, 0.05) is 12.1 Å². The normalized spacial score (nSPS) is 24.0. The first kappa shape index (κ1) is 17.2. The second kappa shape index (κ2) is 6.54. The molecule has 0 spiro atoms. The van der Waals surface area contributed by atoms with Gasteiger partial charge < -0.3 is 10.4 Å². The minimum absolute atomic E-state index is 0.0389. The lowest BCUT2D eigenvalue weighted by Crippen LogP contribution is -2.55. The summed E-state index contributed by atoms with van der Waals surface area (Å²) in [5, 5.41) is 22.8. The van der Waals surface area contributed by atoms with Gasteiger partial charge in [-0.25, -0.2) is 0 Å². The molecule has 1 amide bonds. The first-order chi connectivity index (χ1) is 10.7. The Morgan fingerprint density at radius 2 is 2.13 bits per heavy atom. The average Bonchev–Trinajstić information content (AvgIpc) is 2.46. The van der Waals surface area contributed by atoms with E-state index in [1.165, 1.54) is 12.1 Å². The highest BCUT2D eigenvalue weighted by atomic mass is 35.5. The Labute approximate surface area is 137 Å². The van der Waals surface area contributed by atoms with Gasteiger partial charge in [0.2, 0.25) is 0 Å². The maximum atomic E-state index is 12.4. The van der Waals surface area contributed by atoms with Crippen LogP contribution in [0, 0.1) is 16.0 Å². The Kier molecular flexibility index (Phi) is 4.89. The van der Waals surface area contributed by atoms with Crippen LogP contribution in [0.2, 0.25) is 5.02 Å². The molecule has 8 heteroatoms. The molecule has 0 aliphatic heterocycles. The topological polar surface area (TPSA) is 110 Å². The average molecular weight is 341 g/mol. The van der Waals surface area contributed by atoms with Crippen molar-refractivity contribution in [2.45, 2.75) is 38.1 Å². The first-order valence-electron chi connectivity index (χ1n) is 7.24. The maximum Gasteiger partial charge on any atom is 0.308 e. The second-order valence-electron chi connectivity index (χ2n) is 5.93. The van der Waals surface area contributed by atoms with E-state index >= 15 is 0 Å². The van der Waals surface area contributed by atoms with Crippen LogP contribution < -0.4 is 5.32 Å². The fourth-order valence-electron chi connectivity index (χ4n) is 3.01. The lowest BCUT2D eigenvalue weighted by molar-refractivity contribution is -0.384. The van der Waals surface area contributed by atoms with Crippen LogP contribution in [0.25, 0.3) is 0 Å². The zero-order valence-corrected chi connectivity index (χ0v) is 13.3. The van der Waals surface area contributed by atoms with Crippen LogP contribution in [0.1, 0.15) is 43.0 Å². The minimum Gasteiger partial charge on any atom is -0.481 e. The van der Waals surface area contributed by atoms with E-state index in [9.17, 15) is 24.8 Å². The number of nitrogens with zero attached hydrogens (tertiary/aromatic N) is 1. The number of nitrogens with one attached hydrogen (secondary N) is 1. The molecule has 0 aromatic heterocycles. The Morgan fingerprint density at radius 1 is 1.43 bits per heavy atom. The number of carboxylic acid groups (broad SMARTS) is 1. The zero-order chi connectivity index (χ0) is 17.2. The highest BCUT2D eigenvalue weighted by Crippen LogP contribution is 2.34. The number of carboxylic acids is 1. The van der Waals surface area contributed by atoms with Crippen molar-refractivity contribution >= 4 is 29.2 Å². The van der Waals surface area contributed by atoms with Gasteiger partial charge in [-0.1, -0.05) is 24.4 Å². The van der Waals surface area contributed by atoms with Gasteiger partial charge in [-0.05, 0) is 25.8 Å². The van der Waals surface area contributed by atoms with E-state index in [2.05, 4.69) is 5.32 Å². The van der Waals surface area contributed by atoms with Crippen LogP contribution in [-0.2, 0) is 4.79 Å². The summed E-state index contributed by atoms with van der Waals surface area (Å²) in [6, 6.07) is 3.57. The number of carbonyl (C=O) groups is 2. The standard InChI is InChI=1S/C15H17ClN2O5/c1-15(7-3-2-4-11(15)14(20)21)17-13(19)10-6-5-9(18(22)23)8-12(10)16/h5-6,8,11H,2-4,7H2,1H3,(H,17,19)(H,20,21)/t11-,15-/m1/s1. The SMILES string of the molecule is C[C@@]1(NC(=O)c2ccc([N+](=O)[O-])cc2Cl)CCCC[C@@H]1C(=O)O. The van der Waals surface area contributed by atoms with Crippen molar-refractivity contribution in [1.29, 1.82) is 0 Å². The molecule has 2 atom stereocenters. The largest absolute Gasteiger partial charge is 0.481 e. The number of nitro groups is 1. The molecule has 2 N–H and O–H groups in total. The Bertz CT molecular complexity index is 663. The first-order valence-corrected chi connectivity index (χ1v) is 7.61. The monoisotopic (exact) mass is 340 g/mol. The molecule has 2 rings (SSSR count). The third-order valence-corrected chi connectivity index (χ3v) is 4.63. The van der Waals surface area contributed by atoms with Crippen molar-refractivity contribution in [2.75, 3.05) is 0 Å². The van der Waals surface area contributed by atoms with Gasteiger partial charge in [0.1, 0.15) is 0 Å². The van der Waals surface area contributed by atoms with Crippen molar-refractivity contribution in [1.82, 2.24) is 5.32 Å². The molecule has 1 aliphatic carbocycles. The Hall–Kier alpha value is -2.15. The molecule has 1 saturated carbocycles. The molecule has 7 nitrogen and oxygen atoms in total. The fraction of sp³-hybridized carbons (Fsp3) is 0.467. The lowest BCUT2D eigenvalue weighted by atomic mass is 9.73. The number of rotatable bonds is 4. The third-order valence-electron chi connectivity index (χ3n) is 4.31. The van der Waals surface area contributed by atoms with Crippen LogP contribution in [-0.4, -0.2) is 27.4 Å². The van der Waals surface area contributed by atoms with Gasteiger partial charge in [-0.2, -0.15) is 0 Å². The number of nitro benzene ring substituents is 1. The summed E-state index contributed by atoms with van der Waals surface area (Å²) in [4.78, 5) is 34.0. The summed E-state index contributed by atoms with van der Waals surface area (Å²) in [5.74, 6) is -2.14. The van der Waals surface area contributed by atoms with E-state index < -0.39 is 28.3 Å². The number of amides is 1. The molecular formula is C15H17ClN2O5. The summed E-state index contributed by atoms with van der Waals surface area (Å²) in [6.07, 6.45) is 2.69. The molecule has 1 aromatic rings. The number of carbonyl (C=O) groups excluding carboxylic acids is 1. The van der Waals surface area contributed by atoms with Crippen LogP contribution >= 0.6 is 11.6 Å². The van der Waals surface area contributed by atoms with Crippen molar-refractivity contribution < 1.29 is 19.6 Å². The predicted octanol–water partition coefficient (Wildman–Crippen LogP) is 3.01. The highest BCUT2D eigenvalue weighted by Gasteiger charge is 2.42. The summed E-state index contributed by atoms with van der Waals surface area (Å²) >= 11 is 5.95. The molecule has 1 aromatic carbocycles. The molecule has 124 valence electrons. The molecular weight excluding hydrogens is 324 g/mol. The van der Waals surface area contributed by atoms with Gasteiger partial charge in [-0.15, -0.1) is 0 Å². The van der Waals surface area contributed by atoms with Gasteiger partial charge >= 0.3 is 5.97 Å². The predicted molar refractivity (Wildman–Crippen MR) is 83.6 cm³/mol. The van der Waals surface area contributed by atoms with Gasteiger partial charge in [0.05, 0.1) is 27.0 Å². The molecule has 0 unspecified atom stereocenters. The Balaban J connectivity index is 2.23. The van der Waals surface area contributed by atoms with Crippen LogP contribution in [0.15, 0.2) is 18.2 Å². The third kappa shape index (κ3) is 3.61.